The van der Waals surface area contributed by atoms with Gasteiger partial charge in [0.05, 0.1) is 12.6 Å². The molecule has 3 nitrogen and oxygen atoms in total. The monoisotopic (exact) mass is 205 g/mol. The third-order valence-corrected chi connectivity index (χ3v) is 2.08. The fourth-order valence-electron chi connectivity index (χ4n) is 1.32. The van der Waals surface area contributed by atoms with Crippen molar-refractivity contribution < 1.29 is 9.90 Å². The Hall–Kier alpha value is -1.61. The maximum Gasteiger partial charge on any atom is 0.243 e. The van der Waals surface area contributed by atoms with Gasteiger partial charge in [-0.3, -0.25) is 4.79 Å². The summed E-state index contributed by atoms with van der Waals surface area (Å²) in [6.45, 7) is 3.29. The molecule has 0 saturated heterocycles. The van der Waals surface area contributed by atoms with E-state index in [1.165, 1.54) is 6.08 Å². The van der Waals surface area contributed by atoms with E-state index in [0.717, 1.165) is 5.56 Å². The summed E-state index contributed by atoms with van der Waals surface area (Å²) in [4.78, 5) is 11.0. The number of hydrogen-bond acceptors (Lipinski definition) is 2. The van der Waals surface area contributed by atoms with Crippen molar-refractivity contribution in [3.05, 3.63) is 48.6 Å². The summed E-state index contributed by atoms with van der Waals surface area (Å²) in [6.07, 6.45) is 1.82. The largest absolute Gasteiger partial charge is 0.394 e. The van der Waals surface area contributed by atoms with Gasteiger partial charge in [0.15, 0.2) is 0 Å². The Balaban J connectivity index is 2.54. The highest BCUT2D eigenvalue weighted by Gasteiger charge is 2.09. The van der Waals surface area contributed by atoms with Crippen molar-refractivity contribution in [2.24, 2.45) is 0 Å². The molecule has 0 heterocycles. The molecule has 80 valence electrons. The molecule has 0 aliphatic heterocycles. The minimum absolute atomic E-state index is 0.0749. The Bertz CT molecular complexity index is 322. The van der Waals surface area contributed by atoms with Crippen molar-refractivity contribution in [2.45, 2.75) is 12.5 Å². The fourth-order valence-corrected chi connectivity index (χ4v) is 1.32. The van der Waals surface area contributed by atoms with Crippen LogP contribution in [0.25, 0.3) is 0 Å². The van der Waals surface area contributed by atoms with Gasteiger partial charge in [-0.25, -0.2) is 0 Å². The van der Waals surface area contributed by atoms with Crippen molar-refractivity contribution in [1.82, 2.24) is 5.32 Å². The van der Waals surface area contributed by atoms with Crippen molar-refractivity contribution in [1.29, 1.82) is 0 Å². The number of rotatable bonds is 5. The molecule has 0 aromatic heterocycles. The molecule has 1 atom stereocenters. The minimum Gasteiger partial charge on any atom is -0.394 e. The van der Waals surface area contributed by atoms with Crippen LogP contribution in [-0.4, -0.2) is 23.7 Å². The van der Waals surface area contributed by atoms with Gasteiger partial charge < -0.3 is 10.4 Å². The predicted molar refractivity (Wildman–Crippen MR) is 59.4 cm³/mol. The van der Waals surface area contributed by atoms with Gasteiger partial charge in [-0.1, -0.05) is 36.9 Å². The van der Waals surface area contributed by atoms with Gasteiger partial charge in [0.1, 0.15) is 0 Å². The summed E-state index contributed by atoms with van der Waals surface area (Å²) in [5.41, 5.74) is 1.08. The van der Waals surface area contributed by atoms with Crippen LogP contribution in [0.15, 0.2) is 43.0 Å². The van der Waals surface area contributed by atoms with Crippen LogP contribution >= 0.6 is 0 Å². The van der Waals surface area contributed by atoms with Crippen LogP contribution in [0, 0.1) is 0 Å². The molecule has 1 aromatic carbocycles. The van der Waals surface area contributed by atoms with Gasteiger partial charge in [0.25, 0.3) is 0 Å². The first-order valence-electron chi connectivity index (χ1n) is 4.84. The molecular formula is C12H15NO2. The van der Waals surface area contributed by atoms with E-state index < -0.39 is 0 Å². The molecule has 1 aromatic rings. The summed E-state index contributed by atoms with van der Waals surface area (Å²) in [5.74, 6) is -0.259. The van der Waals surface area contributed by atoms with Crippen LogP contribution in [0.1, 0.15) is 5.56 Å². The quantitative estimate of drug-likeness (QED) is 0.701. The number of hydrogen-bond donors (Lipinski definition) is 2. The number of nitrogens with one attached hydrogen (secondary N) is 1. The fraction of sp³-hybridized carbons (Fsp3) is 0.250. The molecule has 1 amide bonds. The molecule has 0 fully saturated rings. The molecule has 0 unspecified atom stereocenters. The van der Waals surface area contributed by atoms with Crippen LogP contribution in [0.3, 0.4) is 0 Å². The maximum absolute atomic E-state index is 11.0. The van der Waals surface area contributed by atoms with Crippen LogP contribution in [0.5, 0.6) is 0 Å². The zero-order chi connectivity index (χ0) is 11.1. The molecule has 0 saturated carbocycles. The molecule has 0 spiro atoms. The molecular weight excluding hydrogens is 190 g/mol. The normalized spacial score (nSPS) is 11.8. The highest BCUT2D eigenvalue weighted by molar-refractivity contribution is 5.87. The number of aliphatic hydroxyl groups excluding tert-OH is 1. The van der Waals surface area contributed by atoms with Gasteiger partial charge in [-0.2, -0.15) is 0 Å². The van der Waals surface area contributed by atoms with Crippen LogP contribution in [0.2, 0.25) is 0 Å². The van der Waals surface area contributed by atoms with E-state index in [1.807, 2.05) is 30.3 Å². The van der Waals surface area contributed by atoms with E-state index in [9.17, 15) is 4.79 Å². The molecule has 0 aliphatic rings. The van der Waals surface area contributed by atoms with Gasteiger partial charge >= 0.3 is 0 Å². The summed E-state index contributed by atoms with van der Waals surface area (Å²) >= 11 is 0. The van der Waals surface area contributed by atoms with E-state index in [2.05, 4.69) is 11.9 Å². The highest BCUT2D eigenvalue weighted by atomic mass is 16.3. The van der Waals surface area contributed by atoms with Gasteiger partial charge in [-0.05, 0) is 18.1 Å². The smallest absolute Gasteiger partial charge is 0.243 e. The van der Waals surface area contributed by atoms with Crippen molar-refractivity contribution >= 4 is 5.91 Å². The van der Waals surface area contributed by atoms with Gasteiger partial charge in [0.2, 0.25) is 5.91 Å². The Kier molecular flexibility index (Phi) is 4.57. The number of carbonyl (C=O) groups is 1. The lowest BCUT2D eigenvalue weighted by Crippen LogP contribution is -2.38. The topological polar surface area (TPSA) is 49.3 Å². The second-order valence-corrected chi connectivity index (χ2v) is 3.28. The van der Waals surface area contributed by atoms with Crippen molar-refractivity contribution in [3.63, 3.8) is 0 Å². The second kappa shape index (κ2) is 5.98. The number of amides is 1. The first-order chi connectivity index (χ1) is 7.26. The summed E-state index contributed by atoms with van der Waals surface area (Å²) < 4.78 is 0. The Labute approximate surface area is 89.4 Å². The van der Waals surface area contributed by atoms with Crippen molar-refractivity contribution in [2.75, 3.05) is 6.61 Å². The average molecular weight is 205 g/mol. The Morgan fingerprint density at radius 2 is 2.13 bits per heavy atom. The number of benzene rings is 1. The Morgan fingerprint density at radius 1 is 1.47 bits per heavy atom. The van der Waals surface area contributed by atoms with E-state index in [4.69, 9.17) is 5.11 Å². The number of carbonyl (C=O) groups excluding carboxylic acids is 1. The summed E-state index contributed by atoms with van der Waals surface area (Å²) in [7, 11) is 0. The van der Waals surface area contributed by atoms with E-state index >= 15 is 0 Å². The predicted octanol–water partition coefficient (Wildman–Crippen LogP) is 0.892. The zero-order valence-electron chi connectivity index (χ0n) is 8.52. The lowest BCUT2D eigenvalue weighted by molar-refractivity contribution is -0.117. The molecule has 0 aliphatic carbocycles. The number of aliphatic hydroxyl groups is 1. The second-order valence-electron chi connectivity index (χ2n) is 3.28. The van der Waals surface area contributed by atoms with Gasteiger partial charge in [0, 0.05) is 0 Å². The lowest BCUT2D eigenvalue weighted by Gasteiger charge is -2.14. The standard InChI is InChI=1S/C12H15NO2/c1-2-12(15)13-11(9-14)8-10-6-4-3-5-7-10/h2-7,11,14H,1,8-9H2,(H,13,15)/t11-/m0/s1. The third-order valence-electron chi connectivity index (χ3n) is 2.08. The SMILES string of the molecule is C=CC(=O)N[C@H](CO)Cc1ccccc1. The molecule has 3 heteroatoms. The van der Waals surface area contributed by atoms with E-state index in [-0.39, 0.29) is 18.6 Å². The maximum atomic E-state index is 11.0. The van der Waals surface area contributed by atoms with Crippen LogP contribution < -0.4 is 5.32 Å². The first-order valence-corrected chi connectivity index (χ1v) is 4.84. The van der Waals surface area contributed by atoms with Gasteiger partial charge in [-0.15, -0.1) is 0 Å². The Morgan fingerprint density at radius 3 is 2.67 bits per heavy atom. The summed E-state index contributed by atoms with van der Waals surface area (Å²) in [6, 6.07) is 9.46. The molecule has 0 radical (unpaired) electrons. The summed E-state index contributed by atoms with van der Waals surface area (Å²) in [5, 5.41) is 11.7. The van der Waals surface area contributed by atoms with Crippen LogP contribution in [-0.2, 0) is 11.2 Å². The first kappa shape index (κ1) is 11.5. The highest BCUT2D eigenvalue weighted by Crippen LogP contribution is 2.02. The third kappa shape index (κ3) is 3.95. The molecule has 0 bridgehead atoms. The van der Waals surface area contributed by atoms with E-state index in [0.29, 0.717) is 6.42 Å². The lowest BCUT2D eigenvalue weighted by atomic mass is 10.1. The van der Waals surface area contributed by atoms with Crippen molar-refractivity contribution in [3.8, 4) is 0 Å². The zero-order valence-corrected chi connectivity index (χ0v) is 8.52. The van der Waals surface area contributed by atoms with E-state index in [1.54, 1.807) is 0 Å². The molecule has 15 heavy (non-hydrogen) atoms. The molecule has 2 N–H and O–H groups in total. The van der Waals surface area contributed by atoms with Crippen LogP contribution in [0.4, 0.5) is 0 Å². The average Bonchev–Trinajstić information content (AvgIpc) is 2.29. The molecule has 1 rings (SSSR count). The minimum atomic E-state index is -0.259.